The van der Waals surface area contributed by atoms with Crippen LogP contribution in [0.2, 0.25) is 0 Å². The first-order valence-electron chi connectivity index (χ1n) is 5.03. The molecule has 0 saturated heterocycles. The lowest BCUT2D eigenvalue weighted by Gasteiger charge is -2.02. The minimum Gasteiger partial charge on any atom is -0.481 e. The largest absolute Gasteiger partial charge is 0.481 e. The predicted molar refractivity (Wildman–Crippen MR) is 61.9 cm³/mol. The van der Waals surface area contributed by atoms with E-state index in [9.17, 15) is 4.79 Å². The molecule has 94 valence electrons. The third-order valence-corrected chi connectivity index (χ3v) is 1.59. The molecule has 5 heteroatoms. The van der Waals surface area contributed by atoms with Crippen LogP contribution in [-0.2, 0) is 16.0 Å². The Balaban J connectivity index is 0.000000557. The van der Waals surface area contributed by atoms with Gasteiger partial charge in [0.15, 0.2) is 0 Å². The molecule has 0 atom stereocenters. The van der Waals surface area contributed by atoms with Gasteiger partial charge >= 0.3 is 5.97 Å². The van der Waals surface area contributed by atoms with Crippen LogP contribution >= 0.6 is 0 Å². The Hall–Kier alpha value is -1.88. The van der Waals surface area contributed by atoms with Crippen LogP contribution in [0.1, 0.15) is 19.4 Å². The molecule has 0 saturated carbocycles. The van der Waals surface area contributed by atoms with Crippen molar-refractivity contribution in [3.8, 4) is 5.75 Å². The molecule has 0 bridgehead atoms. The molecule has 0 unspecified atom stereocenters. The van der Waals surface area contributed by atoms with Gasteiger partial charge in [0, 0.05) is 20.5 Å². The van der Waals surface area contributed by atoms with E-state index >= 15 is 0 Å². The van der Waals surface area contributed by atoms with E-state index in [0.29, 0.717) is 12.2 Å². The maximum atomic E-state index is 10.6. The van der Waals surface area contributed by atoms with Crippen LogP contribution < -0.4 is 4.74 Å². The number of carbonyl (C=O) groups excluding carboxylic acids is 1. The molecule has 0 heterocycles. The van der Waals surface area contributed by atoms with E-state index in [0.717, 1.165) is 12.5 Å². The highest BCUT2D eigenvalue weighted by molar-refractivity contribution is 5.69. The van der Waals surface area contributed by atoms with Crippen LogP contribution in [-0.4, -0.2) is 28.8 Å². The zero-order valence-corrected chi connectivity index (χ0v) is 9.84. The fourth-order valence-electron chi connectivity index (χ4n) is 1.02. The van der Waals surface area contributed by atoms with Crippen molar-refractivity contribution in [3.63, 3.8) is 0 Å². The molecular formula is C12H16O5. The number of esters is 1. The van der Waals surface area contributed by atoms with Gasteiger partial charge in [-0.25, -0.2) is 0 Å². The molecule has 0 spiro atoms. The zero-order chi connectivity index (χ0) is 13.3. The molecule has 0 aromatic heterocycles. The smallest absolute Gasteiger partial charge is 0.308 e. The van der Waals surface area contributed by atoms with Crippen LogP contribution in [0, 0.1) is 0 Å². The first-order valence-corrected chi connectivity index (χ1v) is 5.03. The predicted octanol–water partition coefficient (Wildman–Crippen LogP) is 1.24. The fraction of sp³-hybridized carbons (Fsp3) is 0.333. The molecule has 0 fully saturated rings. The molecule has 0 amide bonds. The van der Waals surface area contributed by atoms with Crippen LogP contribution in [0.25, 0.3) is 0 Å². The first-order chi connectivity index (χ1) is 7.95. The van der Waals surface area contributed by atoms with Crippen LogP contribution in [0.4, 0.5) is 0 Å². The second-order valence-electron chi connectivity index (χ2n) is 3.23. The maximum absolute atomic E-state index is 10.6. The fourth-order valence-corrected chi connectivity index (χ4v) is 1.02. The van der Waals surface area contributed by atoms with Gasteiger partial charge in [-0.3, -0.25) is 9.59 Å². The summed E-state index contributed by atoms with van der Waals surface area (Å²) in [6.07, 6.45) is 0.625. The summed E-state index contributed by atoms with van der Waals surface area (Å²) in [5.41, 5.74) is 1.03. The number of ether oxygens (including phenoxy) is 1. The lowest BCUT2D eigenvalue weighted by molar-refractivity contribution is -0.134. The van der Waals surface area contributed by atoms with Crippen LogP contribution in [0.5, 0.6) is 5.75 Å². The summed E-state index contributed by atoms with van der Waals surface area (Å²) in [5, 5.41) is 16.1. The zero-order valence-electron chi connectivity index (χ0n) is 9.84. The summed E-state index contributed by atoms with van der Waals surface area (Å²) in [6.45, 7) is 2.58. The molecule has 0 radical (unpaired) electrons. The van der Waals surface area contributed by atoms with Crippen molar-refractivity contribution in [2.24, 2.45) is 0 Å². The Morgan fingerprint density at radius 2 is 1.65 bits per heavy atom. The molecule has 1 aromatic carbocycles. The number of aliphatic carboxylic acids is 1. The second kappa shape index (κ2) is 8.29. The maximum Gasteiger partial charge on any atom is 0.308 e. The van der Waals surface area contributed by atoms with Gasteiger partial charge in [0.25, 0.3) is 5.97 Å². The second-order valence-corrected chi connectivity index (χ2v) is 3.23. The number of carboxylic acid groups (broad SMARTS) is 1. The van der Waals surface area contributed by atoms with E-state index in [4.69, 9.17) is 19.7 Å². The summed E-state index contributed by atoms with van der Waals surface area (Å²) >= 11 is 0. The van der Waals surface area contributed by atoms with Gasteiger partial charge in [0.2, 0.25) is 0 Å². The summed E-state index contributed by atoms with van der Waals surface area (Å²) in [4.78, 5) is 19.6. The van der Waals surface area contributed by atoms with Crippen LogP contribution in [0.3, 0.4) is 0 Å². The van der Waals surface area contributed by atoms with E-state index in [1.54, 1.807) is 12.1 Å². The Labute approximate surface area is 99.7 Å². The quantitative estimate of drug-likeness (QED) is 0.613. The Kier molecular flexibility index (Phi) is 7.38. The number of carbonyl (C=O) groups is 2. The molecular weight excluding hydrogens is 224 g/mol. The third-order valence-electron chi connectivity index (χ3n) is 1.59. The van der Waals surface area contributed by atoms with E-state index in [-0.39, 0.29) is 12.6 Å². The summed E-state index contributed by atoms with van der Waals surface area (Å²) < 4.78 is 4.85. The van der Waals surface area contributed by atoms with E-state index in [2.05, 4.69) is 0 Å². The number of benzene rings is 1. The monoisotopic (exact) mass is 240 g/mol. The highest BCUT2D eigenvalue weighted by Crippen LogP contribution is 2.12. The van der Waals surface area contributed by atoms with Gasteiger partial charge in [-0.1, -0.05) is 12.1 Å². The number of aliphatic hydroxyl groups excluding tert-OH is 1. The Morgan fingerprint density at radius 1 is 1.18 bits per heavy atom. The highest BCUT2D eigenvalue weighted by Gasteiger charge is 1.97. The topological polar surface area (TPSA) is 83.8 Å². The number of rotatable bonds is 3. The van der Waals surface area contributed by atoms with E-state index < -0.39 is 5.97 Å². The van der Waals surface area contributed by atoms with Crippen LogP contribution in [0.15, 0.2) is 24.3 Å². The molecule has 5 nitrogen and oxygen atoms in total. The van der Waals surface area contributed by atoms with E-state index in [1.165, 1.54) is 6.92 Å². The van der Waals surface area contributed by atoms with Gasteiger partial charge in [0.1, 0.15) is 5.75 Å². The van der Waals surface area contributed by atoms with Gasteiger partial charge < -0.3 is 14.9 Å². The molecule has 0 aliphatic heterocycles. The SMILES string of the molecule is CC(=O)O.CC(=O)Oc1ccc(CCO)cc1. The molecule has 17 heavy (non-hydrogen) atoms. The van der Waals surface area contributed by atoms with Gasteiger partial charge in [-0.2, -0.15) is 0 Å². The third kappa shape index (κ3) is 9.07. The minimum atomic E-state index is -0.833. The van der Waals surface area contributed by atoms with Crippen molar-refractivity contribution in [1.29, 1.82) is 0 Å². The average Bonchev–Trinajstić information content (AvgIpc) is 2.19. The average molecular weight is 240 g/mol. The van der Waals surface area contributed by atoms with Gasteiger partial charge in [-0.05, 0) is 24.1 Å². The molecule has 0 aliphatic rings. The van der Waals surface area contributed by atoms with Crippen molar-refractivity contribution in [3.05, 3.63) is 29.8 Å². The molecule has 1 aromatic rings. The van der Waals surface area contributed by atoms with Crippen molar-refractivity contribution in [2.45, 2.75) is 20.3 Å². The summed E-state index contributed by atoms with van der Waals surface area (Å²) in [6, 6.07) is 7.09. The number of hydrogen-bond donors (Lipinski definition) is 2. The lowest BCUT2D eigenvalue weighted by Crippen LogP contribution is -2.01. The van der Waals surface area contributed by atoms with Gasteiger partial charge in [0.05, 0.1) is 0 Å². The summed E-state index contributed by atoms with van der Waals surface area (Å²) in [7, 11) is 0. The lowest BCUT2D eigenvalue weighted by atomic mass is 10.1. The Bertz CT molecular complexity index is 352. The van der Waals surface area contributed by atoms with Crippen molar-refractivity contribution >= 4 is 11.9 Å². The molecule has 2 N–H and O–H groups in total. The van der Waals surface area contributed by atoms with E-state index in [1.807, 2.05) is 12.1 Å². The Morgan fingerprint density at radius 3 is 2.00 bits per heavy atom. The molecule has 0 aliphatic carbocycles. The minimum absolute atomic E-state index is 0.132. The highest BCUT2D eigenvalue weighted by atomic mass is 16.5. The van der Waals surface area contributed by atoms with Crippen molar-refractivity contribution in [2.75, 3.05) is 6.61 Å². The number of carboxylic acids is 1. The summed E-state index contributed by atoms with van der Waals surface area (Å²) in [5.74, 6) is -0.621. The molecule has 1 rings (SSSR count). The van der Waals surface area contributed by atoms with Gasteiger partial charge in [-0.15, -0.1) is 0 Å². The standard InChI is InChI=1S/C10H12O3.C2H4O2/c1-8(12)13-10-4-2-9(3-5-10)6-7-11;1-2(3)4/h2-5,11H,6-7H2,1H3;1H3,(H,3,4). The number of aliphatic hydroxyl groups is 1. The first kappa shape index (κ1) is 15.1. The van der Waals surface area contributed by atoms with Crippen molar-refractivity contribution in [1.82, 2.24) is 0 Å². The van der Waals surface area contributed by atoms with Crippen molar-refractivity contribution < 1.29 is 24.5 Å². The number of hydrogen-bond acceptors (Lipinski definition) is 4. The normalized spacial score (nSPS) is 8.88.